The molecule has 1 unspecified atom stereocenters. The number of rotatable bonds is 9. The van der Waals surface area contributed by atoms with E-state index < -0.39 is 87.2 Å². The van der Waals surface area contributed by atoms with Crippen molar-refractivity contribution in [2.45, 2.75) is 79.0 Å². The molecule has 0 radical (unpaired) electrons. The summed E-state index contributed by atoms with van der Waals surface area (Å²) in [6.45, 7) is -4.30. The molecule has 17 heteroatoms. The van der Waals surface area contributed by atoms with Gasteiger partial charge in [0.05, 0.1) is 39.4 Å². The number of sulfone groups is 1. The first kappa shape index (κ1) is 30.6. The number of nitrogens with one attached hydrogen (secondary N) is 1. The summed E-state index contributed by atoms with van der Waals surface area (Å²) in [6.07, 6.45) is -9.95. The maximum absolute atomic E-state index is 14.1. The van der Waals surface area contributed by atoms with Crippen LogP contribution in [0.15, 0.2) is 35.5 Å². The van der Waals surface area contributed by atoms with E-state index in [9.17, 15) is 53.9 Å². The molecule has 2 saturated carbocycles. The molecule has 1 aromatic carbocycles. The van der Waals surface area contributed by atoms with Crippen molar-refractivity contribution in [1.82, 2.24) is 20.0 Å². The molecular weight excluding hydrogens is 602 g/mol. The number of alkyl halides is 8. The molecule has 1 aromatic heterocycles. The largest absolute Gasteiger partial charge is 0.417 e. The predicted molar refractivity (Wildman–Crippen MR) is 129 cm³/mol. The molecule has 2 N–H and O–H groups in total. The lowest BCUT2D eigenvalue weighted by Crippen LogP contribution is -2.53. The standard InChI is InChI=1S/C25H25F8N5O3S/c26-21(27)38-10-15(9-35-38)14-1-2-19(17(7-14)24(28,29)30)42(40,41)16-8-18(20(39)36-23(12-34)5-6-23)37(11-16)13-22(3-4-22)25(31,32)33/h1-2,7,9-10,16,18,20-21,36,39H,3-6,8,11,13H2/t16-,18+,20?/m1/s1. The van der Waals surface area contributed by atoms with Gasteiger partial charge in [0.15, 0.2) is 9.84 Å². The van der Waals surface area contributed by atoms with Crippen LogP contribution in [0.5, 0.6) is 0 Å². The molecule has 230 valence electrons. The fourth-order valence-corrected chi connectivity index (χ4v) is 7.38. The van der Waals surface area contributed by atoms with Crippen LogP contribution in [0.3, 0.4) is 0 Å². The second-order valence-electron chi connectivity index (χ2n) is 11.2. The zero-order valence-corrected chi connectivity index (χ0v) is 22.4. The van der Waals surface area contributed by atoms with Crippen LogP contribution in [-0.2, 0) is 16.0 Å². The van der Waals surface area contributed by atoms with Gasteiger partial charge in [0.1, 0.15) is 11.8 Å². The van der Waals surface area contributed by atoms with Gasteiger partial charge in [-0.15, -0.1) is 0 Å². The molecule has 42 heavy (non-hydrogen) atoms. The Morgan fingerprint density at radius 1 is 1.12 bits per heavy atom. The van der Waals surface area contributed by atoms with Crippen LogP contribution in [0, 0.1) is 16.7 Å². The van der Waals surface area contributed by atoms with E-state index in [0.29, 0.717) is 25.0 Å². The van der Waals surface area contributed by atoms with E-state index in [2.05, 4.69) is 10.4 Å². The summed E-state index contributed by atoms with van der Waals surface area (Å²) in [5.74, 6) is 0. The van der Waals surface area contributed by atoms with Crippen molar-refractivity contribution in [3.05, 3.63) is 36.2 Å². The average molecular weight is 628 g/mol. The fourth-order valence-electron chi connectivity index (χ4n) is 5.44. The number of hydrogen-bond acceptors (Lipinski definition) is 7. The number of nitriles is 1. The van der Waals surface area contributed by atoms with Gasteiger partial charge in [0.2, 0.25) is 0 Å². The Bertz CT molecular complexity index is 1490. The van der Waals surface area contributed by atoms with Gasteiger partial charge in [0, 0.05) is 24.8 Å². The lowest BCUT2D eigenvalue weighted by molar-refractivity contribution is -0.193. The van der Waals surface area contributed by atoms with E-state index in [0.717, 1.165) is 23.4 Å². The van der Waals surface area contributed by atoms with Crippen molar-refractivity contribution in [2.75, 3.05) is 13.1 Å². The van der Waals surface area contributed by atoms with Crippen molar-refractivity contribution in [3.63, 3.8) is 0 Å². The van der Waals surface area contributed by atoms with Crippen LogP contribution >= 0.6 is 0 Å². The Balaban J connectivity index is 1.48. The van der Waals surface area contributed by atoms with Crippen molar-refractivity contribution in [2.24, 2.45) is 5.41 Å². The van der Waals surface area contributed by atoms with E-state index >= 15 is 0 Å². The zero-order valence-electron chi connectivity index (χ0n) is 21.6. The van der Waals surface area contributed by atoms with Gasteiger partial charge >= 0.3 is 18.9 Å². The summed E-state index contributed by atoms with van der Waals surface area (Å²) in [5.41, 5.74) is -5.17. The Hall–Kier alpha value is -2.81. The summed E-state index contributed by atoms with van der Waals surface area (Å²) in [7, 11) is -4.85. The number of benzene rings is 1. The molecule has 2 aromatic rings. The molecule has 3 aliphatic rings. The van der Waals surface area contributed by atoms with Gasteiger partial charge in [-0.1, -0.05) is 6.07 Å². The van der Waals surface area contributed by atoms with Crippen LogP contribution in [-0.4, -0.2) is 70.5 Å². The molecular formula is C25H25F8N5O3S. The smallest absolute Gasteiger partial charge is 0.377 e. The summed E-state index contributed by atoms with van der Waals surface area (Å²) in [4.78, 5) is 0.00877. The van der Waals surface area contributed by atoms with Gasteiger partial charge in [-0.25, -0.2) is 13.1 Å². The Morgan fingerprint density at radius 2 is 1.79 bits per heavy atom. The van der Waals surface area contributed by atoms with Crippen LogP contribution < -0.4 is 5.32 Å². The minimum atomic E-state index is -5.20. The van der Waals surface area contributed by atoms with E-state index in [1.807, 2.05) is 6.07 Å². The quantitative estimate of drug-likeness (QED) is 0.312. The first-order chi connectivity index (χ1) is 19.4. The van der Waals surface area contributed by atoms with E-state index in [-0.39, 0.29) is 28.7 Å². The Morgan fingerprint density at radius 3 is 2.29 bits per heavy atom. The molecule has 0 bridgehead atoms. The van der Waals surface area contributed by atoms with E-state index in [1.165, 1.54) is 0 Å². The molecule has 0 amide bonds. The van der Waals surface area contributed by atoms with Gasteiger partial charge in [-0.05, 0) is 49.8 Å². The molecule has 3 fully saturated rings. The van der Waals surface area contributed by atoms with Crippen molar-refractivity contribution in [3.8, 4) is 17.2 Å². The number of aliphatic hydroxyl groups excluding tert-OH is 1. The first-order valence-electron chi connectivity index (χ1n) is 12.9. The number of likely N-dealkylation sites (tertiary alicyclic amines) is 1. The third-order valence-corrected chi connectivity index (χ3v) is 10.5. The average Bonchev–Trinajstić information content (AvgIpc) is 3.74. The summed E-state index contributed by atoms with van der Waals surface area (Å²) in [5, 5.41) is 24.6. The normalized spacial score (nSPS) is 24.5. The van der Waals surface area contributed by atoms with Gasteiger partial charge in [0.25, 0.3) is 0 Å². The van der Waals surface area contributed by atoms with Crippen molar-refractivity contribution in [1.29, 1.82) is 5.26 Å². The highest BCUT2D eigenvalue weighted by Gasteiger charge is 2.65. The van der Waals surface area contributed by atoms with Gasteiger partial charge in [-0.2, -0.15) is 45.5 Å². The highest BCUT2D eigenvalue weighted by Crippen LogP contribution is 2.58. The number of nitrogens with zero attached hydrogens (tertiary/aromatic N) is 4. The van der Waals surface area contributed by atoms with Crippen LogP contribution in [0.25, 0.3) is 11.1 Å². The molecule has 1 saturated heterocycles. The summed E-state index contributed by atoms with van der Waals surface area (Å²) >= 11 is 0. The second kappa shape index (κ2) is 10.1. The minimum absolute atomic E-state index is 0.126. The number of aromatic nitrogens is 2. The highest BCUT2D eigenvalue weighted by atomic mass is 32.2. The van der Waals surface area contributed by atoms with Crippen LogP contribution in [0.2, 0.25) is 0 Å². The minimum Gasteiger partial charge on any atom is -0.377 e. The third kappa shape index (κ3) is 5.61. The summed E-state index contributed by atoms with van der Waals surface area (Å²) < 4.78 is 137. The highest BCUT2D eigenvalue weighted by molar-refractivity contribution is 7.92. The lowest BCUT2D eigenvalue weighted by Gasteiger charge is -2.33. The molecule has 5 rings (SSSR count). The lowest BCUT2D eigenvalue weighted by atomic mass is 10.0. The van der Waals surface area contributed by atoms with E-state index in [1.54, 1.807) is 0 Å². The number of aliphatic hydroxyl groups is 1. The molecule has 8 nitrogen and oxygen atoms in total. The summed E-state index contributed by atoms with van der Waals surface area (Å²) in [6, 6.07) is 2.91. The number of halogens is 8. The van der Waals surface area contributed by atoms with Crippen LogP contribution in [0.1, 0.15) is 44.2 Å². The van der Waals surface area contributed by atoms with Gasteiger partial charge in [-0.3, -0.25) is 10.2 Å². The third-order valence-electron chi connectivity index (χ3n) is 8.29. The molecule has 2 heterocycles. The number of hydrogen-bond donors (Lipinski definition) is 2. The molecule has 3 atom stereocenters. The maximum Gasteiger partial charge on any atom is 0.417 e. The zero-order chi connectivity index (χ0) is 30.9. The van der Waals surface area contributed by atoms with Gasteiger partial charge < -0.3 is 5.11 Å². The molecule has 0 spiro atoms. The van der Waals surface area contributed by atoms with Crippen LogP contribution in [0.4, 0.5) is 35.1 Å². The Labute approximate surface area is 234 Å². The van der Waals surface area contributed by atoms with Crippen molar-refractivity contribution >= 4 is 9.84 Å². The van der Waals surface area contributed by atoms with E-state index in [4.69, 9.17) is 0 Å². The second-order valence-corrected chi connectivity index (χ2v) is 13.4. The molecule has 2 aliphatic carbocycles. The maximum atomic E-state index is 14.1. The predicted octanol–water partition coefficient (Wildman–Crippen LogP) is 4.49. The molecule has 1 aliphatic heterocycles. The fraction of sp³-hybridized carbons (Fsp3) is 0.600. The SMILES string of the molecule is N#CC1(NC(O)[C@@H]2C[C@@H](S(=O)(=O)c3ccc(-c4cnn(C(F)F)c4)cc3C(F)(F)F)CN2CC2(C(F)(F)F)CC2)CC1. The van der Waals surface area contributed by atoms with Crippen molar-refractivity contribution < 1.29 is 48.6 Å². The monoisotopic (exact) mass is 627 g/mol. The Kier molecular flexibility index (Phi) is 7.39. The first-order valence-corrected chi connectivity index (χ1v) is 14.4. The topological polar surface area (TPSA) is 111 Å².